The number of ether oxygens (including phenoxy) is 1. The molecule has 32 heavy (non-hydrogen) atoms. The number of halogens is 3. The maximum atomic E-state index is 12.7. The molecule has 1 aliphatic rings. The lowest BCUT2D eigenvalue weighted by atomic mass is 9.73. The molecule has 0 radical (unpaired) electrons. The molecule has 1 fully saturated rings. The van der Waals surface area contributed by atoms with Gasteiger partial charge in [0.2, 0.25) is 0 Å². The highest BCUT2D eigenvalue weighted by atomic mass is 19.4. The Morgan fingerprint density at radius 3 is 2.03 bits per heavy atom. The van der Waals surface area contributed by atoms with Crippen LogP contribution in [0.3, 0.4) is 0 Å². The Bertz CT molecular complexity index is 900. The Balaban J connectivity index is 1.72. The van der Waals surface area contributed by atoms with Crippen molar-refractivity contribution in [2.45, 2.75) is 85.4 Å². The zero-order valence-corrected chi connectivity index (χ0v) is 20.4. The van der Waals surface area contributed by atoms with Crippen molar-refractivity contribution in [1.82, 2.24) is 0 Å². The van der Waals surface area contributed by atoms with Crippen LogP contribution in [0.5, 0.6) is 5.75 Å². The van der Waals surface area contributed by atoms with Crippen LogP contribution in [0.15, 0.2) is 48.5 Å². The van der Waals surface area contributed by atoms with E-state index in [4.69, 9.17) is 0 Å². The monoisotopic (exact) mass is 446 g/mol. The molecular weight excluding hydrogens is 409 g/mol. The van der Waals surface area contributed by atoms with Crippen molar-refractivity contribution in [3.05, 3.63) is 65.2 Å². The zero-order valence-electron chi connectivity index (χ0n) is 20.4. The van der Waals surface area contributed by atoms with Crippen LogP contribution < -0.4 is 4.74 Å². The molecule has 0 aliphatic heterocycles. The highest BCUT2D eigenvalue weighted by Crippen LogP contribution is 2.55. The summed E-state index contributed by atoms with van der Waals surface area (Å²) in [7, 11) is 0. The van der Waals surface area contributed by atoms with Crippen LogP contribution in [-0.4, -0.2) is 6.36 Å². The summed E-state index contributed by atoms with van der Waals surface area (Å²) < 4.78 is 42.2. The molecule has 1 saturated carbocycles. The maximum Gasteiger partial charge on any atom is 0.573 e. The van der Waals surface area contributed by atoms with Gasteiger partial charge in [-0.05, 0) is 76.2 Å². The molecular formula is C28H37F3O. The van der Waals surface area contributed by atoms with E-state index in [1.54, 1.807) is 12.1 Å². The molecule has 1 aliphatic carbocycles. The minimum Gasteiger partial charge on any atom is -0.406 e. The van der Waals surface area contributed by atoms with Crippen molar-refractivity contribution >= 4 is 0 Å². The predicted molar refractivity (Wildman–Crippen MR) is 125 cm³/mol. The molecule has 0 aromatic heterocycles. The lowest BCUT2D eigenvalue weighted by molar-refractivity contribution is -0.274. The van der Waals surface area contributed by atoms with Gasteiger partial charge in [-0.25, -0.2) is 0 Å². The van der Waals surface area contributed by atoms with E-state index in [-0.39, 0.29) is 22.5 Å². The van der Waals surface area contributed by atoms with Crippen molar-refractivity contribution < 1.29 is 17.9 Å². The lowest BCUT2D eigenvalue weighted by Gasteiger charge is -2.32. The molecule has 2 aromatic rings. The molecule has 4 heteroatoms. The van der Waals surface area contributed by atoms with E-state index in [1.807, 2.05) is 6.07 Å². The van der Waals surface area contributed by atoms with Crippen LogP contribution in [0.25, 0.3) is 0 Å². The van der Waals surface area contributed by atoms with Gasteiger partial charge in [0.15, 0.2) is 0 Å². The van der Waals surface area contributed by atoms with Crippen LogP contribution in [0.4, 0.5) is 13.2 Å². The molecule has 0 saturated heterocycles. The number of hydrogen-bond acceptors (Lipinski definition) is 1. The van der Waals surface area contributed by atoms with Gasteiger partial charge < -0.3 is 4.74 Å². The average molecular weight is 447 g/mol. The fraction of sp³-hybridized carbons (Fsp3) is 0.571. The largest absolute Gasteiger partial charge is 0.573 e. The summed E-state index contributed by atoms with van der Waals surface area (Å²) in [6.07, 6.45) is -2.57. The van der Waals surface area contributed by atoms with Crippen molar-refractivity contribution in [1.29, 1.82) is 0 Å². The molecule has 2 unspecified atom stereocenters. The smallest absolute Gasteiger partial charge is 0.406 e. The van der Waals surface area contributed by atoms with Gasteiger partial charge in [-0.2, -0.15) is 0 Å². The van der Waals surface area contributed by atoms with Gasteiger partial charge in [0.1, 0.15) is 5.75 Å². The van der Waals surface area contributed by atoms with E-state index in [1.165, 1.54) is 17.2 Å². The third-order valence-electron chi connectivity index (χ3n) is 7.16. The van der Waals surface area contributed by atoms with E-state index in [0.29, 0.717) is 17.8 Å². The number of alkyl halides is 3. The molecule has 1 nitrogen and oxygen atoms in total. The molecule has 0 heterocycles. The van der Waals surface area contributed by atoms with Crippen LogP contribution in [0.1, 0.15) is 95.8 Å². The van der Waals surface area contributed by atoms with Gasteiger partial charge in [0.25, 0.3) is 0 Å². The van der Waals surface area contributed by atoms with Gasteiger partial charge in [-0.1, -0.05) is 84.9 Å². The number of rotatable bonds is 6. The quantitative estimate of drug-likeness (QED) is 0.430. The molecule has 0 amide bonds. The average Bonchev–Trinajstić information content (AvgIpc) is 3.42. The van der Waals surface area contributed by atoms with Gasteiger partial charge in [-0.15, -0.1) is 13.2 Å². The first-order chi connectivity index (χ1) is 14.6. The zero-order chi connectivity index (χ0) is 23.9. The molecule has 2 aromatic carbocycles. The Kier molecular flexibility index (Phi) is 6.75. The lowest BCUT2D eigenvalue weighted by Crippen LogP contribution is -2.20. The minimum absolute atomic E-state index is 0.0595. The number of hydrogen-bond donors (Lipinski definition) is 0. The molecule has 176 valence electrons. The summed E-state index contributed by atoms with van der Waals surface area (Å²) in [5.74, 6) is 1.60. The molecule has 3 rings (SSSR count). The SMILES string of the molecule is C[C@@H](c1ccc(C2CC2C[C@@H](c2cccc(OC(F)(F)F)c2)C(C)(C)C)cc1)C(C)(C)C. The molecule has 0 N–H and O–H groups in total. The minimum atomic E-state index is -4.67. The maximum absolute atomic E-state index is 12.7. The third kappa shape index (κ3) is 6.30. The van der Waals surface area contributed by atoms with Crippen molar-refractivity contribution in [3.63, 3.8) is 0 Å². The molecule has 0 bridgehead atoms. The highest BCUT2D eigenvalue weighted by Gasteiger charge is 2.42. The summed E-state index contributed by atoms with van der Waals surface area (Å²) in [6, 6.07) is 15.6. The summed E-state index contributed by atoms with van der Waals surface area (Å²) in [5, 5.41) is 0. The summed E-state index contributed by atoms with van der Waals surface area (Å²) >= 11 is 0. The van der Waals surface area contributed by atoms with Crippen molar-refractivity contribution in [2.24, 2.45) is 16.7 Å². The first kappa shape index (κ1) is 24.7. The second kappa shape index (κ2) is 8.76. The van der Waals surface area contributed by atoms with Crippen molar-refractivity contribution in [2.75, 3.05) is 0 Å². The Morgan fingerprint density at radius 1 is 0.875 bits per heavy atom. The van der Waals surface area contributed by atoms with Crippen LogP contribution in [-0.2, 0) is 0 Å². The molecule has 4 atom stereocenters. The fourth-order valence-corrected chi connectivity index (χ4v) is 4.67. The summed E-state index contributed by atoms with van der Waals surface area (Å²) in [4.78, 5) is 0. The fourth-order valence-electron chi connectivity index (χ4n) is 4.67. The van der Waals surface area contributed by atoms with E-state index in [0.717, 1.165) is 18.4 Å². The Morgan fingerprint density at radius 2 is 1.50 bits per heavy atom. The summed E-state index contributed by atoms with van der Waals surface area (Å²) in [5.41, 5.74) is 3.83. The van der Waals surface area contributed by atoms with Gasteiger partial charge in [0.05, 0.1) is 0 Å². The van der Waals surface area contributed by atoms with Gasteiger partial charge >= 0.3 is 6.36 Å². The topological polar surface area (TPSA) is 9.23 Å². The van der Waals surface area contributed by atoms with E-state index in [2.05, 4.69) is 77.5 Å². The van der Waals surface area contributed by atoms with Crippen LogP contribution in [0, 0.1) is 16.7 Å². The first-order valence-electron chi connectivity index (χ1n) is 11.6. The Hall–Kier alpha value is -1.97. The second-order valence-electron chi connectivity index (χ2n) is 11.6. The first-order valence-corrected chi connectivity index (χ1v) is 11.6. The standard InChI is InChI=1S/C28H37F3O/c1-18(26(2,3)4)19-11-13-20(14-12-19)24-16-22(24)17-25(27(5,6)7)21-9-8-10-23(15-21)32-28(29,30)31/h8-15,18,22,24-25H,16-17H2,1-7H3/t18-,22?,24?,25-/m0/s1. The summed E-state index contributed by atoms with van der Waals surface area (Å²) in [6.45, 7) is 15.6. The van der Waals surface area contributed by atoms with E-state index in [9.17, 15) is 13.2 Å². The third-order valence-corrected chi connectivity index (χ3v) is 7.16. The van der Waals surface area contributed by atoms with E-state index >= 15 is 0 Å². The van der Waals surface area contributed by atoms with Gasteiger partial charge in [0, 0.05) is 0 Å². The normalized spacial score (nSPS) is 21.2. The van der Waals surface area contributed by atoms with Gasteiger partial charge in [-0.3, -0.25) is 0 Å². The predicted octanol–water partition coefficient (Wildman–Crippen LogP) is 9.06. The van der Waals surface area contributed by atoms with E-state index < -0.39 is 6.36 Å². The Labute approximate surface area is 191 Å². The number of benzene rings is 2. The highest BCUT2D eigenvalue weighted by molar-refractivity contribution is 5.34. The van der Waals surface area contributed by atoms with Crippen LogP contribution >= 0.6 is 0 Å². The van der Waals surface area contributed by atoms with Crippen molar-refractivity contribution in [3.8, 4) is 5.75 Å². The molecule has 0 spiro atoms. The van der Waals surface area contributed by atoms with Crippen LogP contribution in [0.2, 0.25) is 0 Å². The second-order valence-corrected chi connectivity index (χ2v) is 11.6.